The molecule has 1 aliphatic heterocycles. The number of carbonyl (C=O) groups excluding carboxylic acids is 6. The molecule has 3 rings (SSSR count). The molecule has 0 aliphatic carbocycles. The Morgan fingerprint density at radius 3 is 2.30 bits per heavy atom. The minimum atomic E-state index is -1.49. The highest BCUT2D eigenvalue weighted by atomic mass is 16.2. The molecule has 9 N–H and O–H groups in total. The van der Waals surface area contributed by atoms with Crippen LogP contribution in [0.1, 0.15) is 58.1 Å². The minimum absolute atomic E-state index is 0.0848. The van der Waals surface area contributed by atoms with Crippen molar-refractivity contribution in [3.05, 3.63) is 59.7 Å². The highest BCUT2D eigenvalue weighted by Gasteiger charge is 2.36. The Labute approximate surface area is 269 Å². The second-order valence-corrected chi connectivity index (χ2v) is 12.1. The van der Waals surface area contributed by atoms with Gasteiger partial charge in [-0.05, 0) is 68.8 Å². The van der Waals surface area contributed by atoms with Gasteiger partial charge in [0.1, 0.15) is 29.7 Å². The molecule has 0 saturated heterocycles. The van der Waals surface area contributed by atoms with Gasteiger partial charge in [-0.25, -0.2) is 0 Å². The number of rotatable bonds is 6. The molecule has 4 atom stereocenters. The van der Waals surface area contributed by atoms with E-state index < -0.39 is 65.1 Å². The lowest BCUT2D eigenvalue weighted by Gasteiger charge is -2.30. The molecular formula is C33H45N7O6. The molecule has 0 radical (unpaired) electrons. The Kier molecular flexibility index (Phi) is 12.4. The zero-order valence-electron chi connectivity index (χ0n) is 26.8. The van der Waals surface area contributed by atoms with E-state index in [1.54, 1.807) is 12.1 Å². The summed E-state index contributed by atoms with van der Waals surface area (Å²) in [6.45, 7) is 6.13. The van der Waals surface area contributed by atoms with Crippen molar-refractivity contribution in [1.29, 1.82) is 0 Å². The summed E-state index contributed by atoms with van der Waals surface area (Å²) in [5.41, 5.74) is 12.8. The van der Waals surface area contributed by atoms with Gasteiger partial charge in [-0.1, -0.05) is 48.5 Å². The summed E-state index contributed by atoms with van der Waals surface area (Å²) >= 11 is 0. The van der Waals surface area contributed by atoms with Gasteiger partial charge in [0.05, 0.1) is 0 Å². The molecule has 0 fully saturated rings. The summed E-state index contributed by atoms with van der Waals surface area (Å²) in [7, 11) is 0. The monoisotopic (exact) mass is 635 g/mol. The largest absolute Gasteiger partial charge is 0.368 e. The van der Waals surface area contributed by atoms with E-state index in [0.717, 1.165) is 16.7 Å². The average molecular weight is 636 g/mol. The molecular weight excluding hydrogens is 590 g/mol. The molecule has 13 heteroatoms. The summed E-state index contributed by atoms with van der Waals surface area (Å²) in [6, 6.07) is 10.5. The van der Waals surface area contributed by atoms with Gasteiger partial charge in [-0.3, -0.25) is 28.8 Å². The zero-order valence-corrected chi connectivity index (χ0v) is 26.8. The first-order valence-electron chi connectivity index (χ1n) is 15.4. The first kappa shape index (κ1) is 35.7. The molecule has 0 unspecified atom stereocenters. The first-order chi connectivity index (χ1) is 21.7. The van der Waals surface area contributed by atoms with Crippen LogP contribution in [0.25, 0.3) is 11.1 Å². The van der Waals surface area contributed by atoms with Crippen molar-refractivity contribution < 1.29 is 28.8 Å². The summed E-state index contributed by atoms with van der Waals surface area (Å²) in [5, 5.41) is 13.4. The molecule has 2 bridgehead atoms. The van der Waals surface area contributed by atoms with Crippen molar-refractivity contribution in [3.8, 4) is 11.1 Å². The topological polar surface area (TPSA) is 215 Å². The number of fused-ring (bicyclic) bond motifs is 4. The molecule has 248 valence electrons. The Bertz CT molecular complexity index is 1460. The van der Waals surface area contributed by atoms with Gasteiger partial charge in [-0.15, -0.1) is 0 Å². The molecule has 6 amide bonds. The van der Waals surface area contributed by atoms with E-state index in [1.807, 2.05) is 36.4 Å². The van der Waals surface area contributed by atoms with E-state index in [-0.39, 0.29) is 19.3 Å². The number of unbranched alkanes of at least 4 members (excludes halogenated alkanes) is 1. The lowest BCUT2D eigenvalue weighted by atomic mass is 9.92. The first-order valence-corrected chi connectivity index (χ1v) is 15.4. The van der Waals surface area contributed by atoms with E-state index >= 15 is 0 Å². The van der Waals surface area contributed by atoms with Crippen LogP contribution in [-0.4, -0.2) is 71.7 Å². The Hall–Kier alpha value is -4.78. The standard InChI is InChI=1S/C33H45N7O6/c1-19-29(43)38-26(28(35)42)17-21-10-9-12-22(16-21)24-13-6-5-11-23(24)18-27(37-20(2)41)31(45)40-33(3,4)32(46)39-25(30(44)36-19)14-7-8-15-34/h5-6,9-13,16,19,25-27H,7-8,14-15,17-18,34H2,1-4H3,(H2,35,42)(H,36,44)(H,37,41)(H,38,43)(H,39,46)(H,40,45)/t19-,25-,26-,27-/m0/s1. The highest BCUT2D eigenvalue weighted by Crippen LogP contribution is 2.26. The van der Waals surface area contributed by atoms with Crippen LogP contribution in [0, 0.1) is 0 Å². The van der Waals surface area contributed by atoms with E-state index in [4.69, 9.17) is 11.5 Å². The van der Waals surface area contributed by atoms with Gasteiger partial charge in [0, 0.05) is 19.8 Å². The number of hydrogen-bond acceptors (Lipinski definition) is 7. The fourth-order valence-electron chi connectivity index (χ4n) is 5.21. The Morgan fingerprint density at radius 2 is 1.63 bits per heavy atom. The fraction of sp³-hybridized carbons (Fsp3) is 0.455. The van der Waals surface area contributed by atoms with Crippen LogP contribution in [0.15, 0.2) is 48.5 Å². The van der Waals surface area contributed by atoms with Crippen molar-refractivity contribution in [2.24, 2.45) is 11.5 Å². The van der Waals surface area contributed by atoms with Crippen LogP contribution in [-0.2, 0) is 41.6 Å². The van der Waals surface area contributed by atoms with Crippen LogP contribution in [0.2, 0.25) is 0 Å². The maximum Gasteiger partial charge on any atom is 0.245 e. The number of benzene rings is 2. The van der Waals surface area contributed by atoms with Crippen LogP contribution in [0.5, 0.6) is 0 Å². The van der Waals surface area contributed by atoms with Crippen molar-refractivity contribution in [1.82, 2.24) is 26.6 Å². The molecule has 0 aromatic heterocycles. The third-order valence-electron chi connectivity index (χ3n) is 7.80. The van der Waals surface area contributed by atoms with Crippen molar-refractivity contribution in [3.63, 3.8) is 0 Å². The van der Waals surface area contributed by atoms with E-state index in [0.29, 0.717) is 24.9 Å². The second-order valence-electron chi connectivity index (χ2n) is 12.1. The summed E-state index contributed by atoms with van der Waals surface area (Å²) in [5.74, 6) is -3.67. The normalized spacial score (nSPS) is 22.6. The number of carbonyl (C=O) groups is 6. The summed E-state index contributed by atoms with van der Waals surface area (Å²) in [6.07, 6.45) is 1.51. The van der Waals surface area contributed by atoms with E-state index in [2.05, 4.69) is 26.6 Å². The van der Waals surface area contributed by atoms with Crippen LogP contribution in [0.3, 0.4) is 0 Å². The summed E-state index contributed by atoms with van der Waals surface area (Å²) < 4.78 is 0. The molecule has 0 saturated carbocycles. The average Bonchev–Trinajstić information content (AvgIpc) is 2.99. The van der Waals surface area contributed by atoms with Crippen molar-refractivity contribution in [2.75, 3.05) is 6.54 Å². The van der Waals surface area contributed by atoms with Gasteiger partial charge in [0.25, 0.3) is 0 Å². The molecule has 0 spiro atoms. The predicted octanol–water partition coefficient (Wildman–Crippen LogP) is -0.0597. The van der Waals surface area contributed by atoms with Gasteiger partial charge in [0.15, 0.2) is 0 Å². The number of amides is 6. The number of nitrogens with one attached hydrogen (secondary N) is 5. The predicted molar refractivity (Wildman–Crippen MR) is 173 cm³/mol. The summed E-state index contributed by atoms with van der Waals surface area (Å²) in [4.78, 5) is 78.1. The van der Waals surface area contributed by atoms with E-state index in [9.17, 15) is 28.8 Å². The molecule has 46 heavy (non-hydrogen) atoms. The second kappa shape index (κ2) is 16.0. The molecule has 2 aromatic rings. The number of primary amides is 1. The third-order valence-corrected chi connectivity index (χ3v) is 7.80. The minimum Gasteiger partial charge on any atom is -0.368 e. The highest BCUT2D eigenvalue weighted by molar-refractivity contribution is 5.97. The van der Waals surface area contributed by atoms with Gasteiger partial charge < -0.3 is 38.1 Å². The van der Waals surface area contributed by atoms with Crippen molar-refractivity contribution in [2.45, 2.75) is 89.5 Å². The molecule has 1 heterocycles. The fourth-order valence-corrected chi connectivity index (χ4v) is 5.21. The van der Waals surface area contributed by atoms with E-state index in [1.165, 1.54) is 27.7 Å². The lowest BCUT2D eigenvalue weighted by molar-refractivity contribution is -0.137. The lowest BCUT2D eigenvalue weighted by Crippen LogP contribution is -2.62. The van der Waals surface area contributed by atoms with Gasteiger partial charge in [0.2, 0.25) is 35.4 Å². The van der Waals surface area contributed by atoms with Crippen LogP contribution >= 0.6 is 0 Å². The quantitative estimate of drug-likeness (QED) is 0.215. The number of nitrogens with two attached hydrogens (primary N) is 2. The molecule has 1 aliphatic rings. The maximum absolute atomic E-state index is 13.6. The van der Waals surface area contributed by atoms with Crippen LogP contribution < -0.4 is 38.1 Å². The van der Waals surface area contributed by atoms with Crippen LogP contribution in [0.4, 0.5) is 0 Å². The molecule has 13 nitrogen and oxygen atoms in total. The third kappa shape index (κ3) is 9.86. The van der Waals surface area contributed by atoms with Gasteiger partial charge in [-0.2, -0.15) is 0 Å². The zero-order chi connectivity index (χ0) is 34.0. The smallest absolute Gasteiger partial charge is 0.245 e. The Balaban J connectivity index is 2.08. The molecule has 2 aromatic carbocycles. The maximum atomic E-state index is 13.6. The Morgan fingerprint density at radius 1 is 0.913 bits per heavy atom. The number of hydrogen-bond donors (Lipinski definition) is 7. The van der Waals surface area contributed by atoms with Crippen molar-refractivity contribution >= 4 is 35.4 Å². The SMILES string of the molecule is CC(=O)N[C@H]1Cc2ccccc2-c2cccc(c2)C[C@@H](C(N)=O)NC(=O)[C@H](C)NC(=O)[C@H](CCCCN)NC(=O)C(C)(C)NC1=O. The van der Waals surface area contributed by atoms with Gasteiger partial charge >= 0.3 is 0 Å².